The van der Waals surface area contributed by atoms with E-state index in [1.165, 1.54) is 13.3 Å². The molecule has 0 fully saturated rings. The molecule has 0 saturated carbocycles. The molecule has 112 valence electrons. The Labute approximate surface area is 127 Å². The van der Waals surface area contributed by atoms with E-state index in [1.54, 1.807) is 48.8 Å². The summed E-state index contributed by atoms with van der Waals surface area (Å²) in [6.07, 6.45) is 4.37. The van der Waals surface area contributed by atoms with Crippen molar-refractivity contribution in [1.29, 1.82) is 0 Å². The normalized spacial score (nSPS) is 10.7. The van der Waals surface area contributed by atoms with Gasteiger partial charge in [0, 0.05) is 24.2 Å². The predicted octanol–water partition coefficient (Wildman–Crippen LogP) is 1.33. The Hall–Kier alpha value is -3.22. The number of rotatable bonds is 5. The molecule has 22 heavy (non-hydrogen) atoms. The molecule has 0 unspecified atom stereocenters. The lowest BCUT2D eigenvalue weighted by Crippen LogP contribution is -2.28. The van der Waals surface area contributed by atoms with Crippen LogP contribution < -0.4 is 10.6 Å². The topological polar surface area (TPSA) is 93.2 Å². The highest BCUT2D eigenvalue weighted by Crippen LogP contribution is 2.02. The summed E-state index contributed by atoms with van der Waals surface area (Å²) in [6, 6.07) is 10.2. The second-order valence-corrected chi connectivity index (χ2v) is 4.09. The molecule has 0 aliphatic heterocycles. The average Bonchev–Trinajstić information content (AvgIpc) is 2.59. The second-order valence-electron chi connectivity index (χ2n) is 4.09. The highest BCUT2D eigenvalue weighted by Gasteiger charge is 2.14. The van der Waals surface area contributed by atoms with Gasteiger partial charge in [0.25, 0.3) is 5.91 Å². The van der Waals surface area contributed by atoms with Crippen molar-refractivity contribution < 1.29 is 14.3 Å². The zero-order valence-corrected chi connectivity index (χ0v) is 11.8. The highest BCUT2D eigenvalue weighted by atomic mass is 16.5. The number of carbonyl (C=O) groups excluding carboxylic acids is 2. The van der Waals surface area contributed by atoms with E-state index in [9.17, 15) is 9.59 Å². The first-order chi connectivity index (χ1) is 10.7. The van der Waals surface area contributed by atoms with Crippen LogP contribution in [0.4, 0.5) is 5.95 Å². The smallest absolute Gasteiger partial charge is 0.356 e. The lowest BCUT2D eigenvalue weighted by Gasteiger charge is -2.08. The molecule has 2 N–H and O–H groups in total. The third kappa shape index (κ3) is 4.14. The number of nitrogens with one attached hydrogen (secondary N) is 2. The molecule has 1 heterocycles. The second kappa shape index (κ2) is 7.53. The van der Waals surface area contributed by atoms with E-state index >= 15 is 0 Å². The van der Waals surface area contributed by atoms with E-state index in [0.717, 1.165) is 0 Å². The fourth-order valence-corrected chi connectivity index (χ4v) is 1.55. The number of amides is 1. The van der Waals surface area contributed by atoms with Gasteiger partial charge >= 0.3 is 5.97 Å². The summed E-state index contributed by atoms with van der Waals surface area (Å²) < 4.78 is 4.63. The Morgan fingerprint density at radius 1 is 1.09 bits per heavy atom. The fourth-order valence-electron chi connectivity index (χ4n) is 1.55. The molecule has 2 rings (SSSR count). The van der Waals surface area contributed by atoms with Crippen LogP contribution in [0.3, 0.4) is 0 Å². The monoisotopic (exact) mass is 298 g/mol. The summed E-state index contributed by atoms with van der Waals surface area (Å²) in [5, 5.41) is 5.20. The highest BCUT2D eigenvalue weighted by molar-refractivity contribution is 6.01. The summed E-state index contributed by atoms with van der Waals surface area (Å²) >= 11 is 0. The van der Waals surface area contributed by atoms with Crippen molar-refractivity contribution in [2.45, 2.75) is 0 Å². The number of nitrogens with zero attached hydrogens (tertiary/aromatic N) is 2. The average molecular weight is 298 g/mol. The zero-order chi connectivity index (χ0) is 15.8. The summed E-state index contributed by atoms with van der Waals surface area (Å²) in [5.41, 5.74) is 0.372. The Bertz CT molecular complexity index is 672. The van der Waals surface area contributed by atoms with Crippen molar-refractivity contribution >= 4 is 17.8 Å². The first-order valence-corrected chi connectivity index (χ1v) is 6.39. The maximum atomic E-state index is 12.1. The molecular formula is C15H14N4O3. The molecule has 1 amide bonds. The quantitative estimate of drug-likeness (QED) is 0.639. The largest absolute Gasteiger partial charge is 0.464 e. The number of aromatic nitrogens is 2. The number of methoxy groups -OCH3 is 1. The van der Waals surface area contributed by atoms with Gasteiger partial charge in [-0.2, -0.15) is 0 Å². The van der Waals surface area contributed by atoms with Crippen molar-refractivity contribution in [3.63, 3.8) is 0 Å². The molecular weight excluding hydrogens is 284 g/mol. The molecule has 0 bridgehead atoms. The zero-order valence-electron chi connectivity index (χ0n) is 11.8. The first-order valence-electron chi connectivity index (χ1n) is 6.39. The van der Waals surface area contributed by atoms with Crippen LogP contribution >= 0.6 is 0 Å². The number of benzene rings is 1. The number of ether oxygens (including phenoxy) is 1. The molecule has 1 aromatic heterocycles. The predicted molar refractivity (Wildman–Crippen MR) is 79.7 cm³/mol. The molecule has 0 saturated heterocycles. The maximum Gasteiger partial charge on any atom is 0.356 e. The Morgan fingerprint density at radius 2 is 1.77 bits per heavy atom. The SMILES string of the molecule is COC(=O)/C(=C\Nc1ncccn1)NC(=O)c1ccccc1. The van der Waals surface area contributed by atoms with E-state index < -0.39 is 11.9 Å². The van der Waals surface area contributed by atoms with Gasteiger partial charge in [-0.3, -0.25) is 4.79 Å². The molecule has 0 aliphatic rings. The summed E-state index contributed by atoms with van der Waals surface area (Å²) in [6.45, 7) is 0. The van der Waals surface area contributed by atoms with Crippen molar-refractivity contribution in [3.8, 4) is 0 Å². The van der Waals surface area contributed by atoms with Crippen LogP contribution in [-0.2, 0) is 9.53 Å². The third-order valence-corrected chi connectivity index (χ3v) is 2.60. The van der Waals surface area contributed by atoms with Gasteiger partial charge < -0.3 is 15.4 Å². The Morgan fingerprint density at radius 3 is 2.41 bits per heavy atom. The van der Waals surface area contributed by atoms with Gasteiger partial charge in [0.1, 0.15) is 5.70 Å². The van der Waals surface area contributed by atoms with Gasteiger partial charge in [-0.15, -0.1) is 0 Å². The van der Waals surface area contributed by atoms with Crippen molar-refractivity contribution in [2.75, 3.05) is 12.4 Å². The van der Waals surface area contributed by atoms with Crippen LogP contribution in [0.5, 0.6) is 0 Å². The van der Waals surface area contributed by atoms with Gasteiger partial charge in [0.05, 0.1) is 7.11 Å². The van der Waals surface area contributed by atoms with E-state index in [-0.39, 0.29) is 11.6 Å². The first kappa shape index (κ1) is 15.2. The minimum absolute atomic E-state index is 0.0520. The van der Waals surface area contributed by atoms with Gasteiger partial charge in [-0.25, -0.2) is 14.8 Å². The summed E-state index contributed by atoms with van der Waals surface area (Å²) in [5.74, 6) is -0.821. The fraction of sp³-hybridized carbons (Fsp3) is 0.0667. The number of hydrogen-bond acceptors (Lipinski definition) is 6. The van der Waals surface area contributed by atoms with Gasteiger partial charge in [-0.1, -0.05) is 18.2 Å². The molecule has 7 heteroatoms. The van der Waals surface area contributed by atoms with E-state index in [2.05, 4.69) is 25.3 Å². The molecule has 7 nitrogen and oxygen atoms in total. The molecule has 0 radical (unpaired) electrons. The molecule has 0 aliphatic carbocycles. The van der Waals surface area contributed by atoms with Crippen LogP contribution in [-0.4, -0.2) is 29.0 Å². The third-order valence-electron chi connectivity index (χ3n) is 2.60. The molecule has 2 aromatic rings. The molecule has 0 atom stereocenters. The number of esters is 1. The van der Waals surface area contributed by atoms with Crippen molar-refractivity contribution in [3.05, 3.63) is 66.3 Å². The molecule has 1 aromatic carbocycles. The van der Waals surface area contributed by atoms with E-state index in [0.29, 0.717) is 5.56 Å². The van der Waals surface area contributed by atoms with Crippen LogP contribution in [0.1, 0.15) is 10.4 Å². The minimum Gasteiger partial charge on any atom is -0.464 e. The Kier molecular flexibility index (Phi) is 5.20. The van der Waals surface area contributed by atoms with Crippen molar-refractivity contribution in [2.24, 2.45) is 0 Å². The molecule has 0 spiro atoms. The van der Waals surface area contributed by atoms with Crippen LogP contribution in [0.2, 0.25) is 0 Å². The van der Waals surface area contributed by atoms with Gasteiger partial charge in [0.2, 0.25) is 5.95 Å². The number of anilines is 1. The maximum absolute atomic E-state index is 12.1. The standard InChI is InChI=1S/C15H14N4O3/c1-22-14(21)12(10-18-15-16-8-5-9-17-15)19-13(20)11-6-3-2-4-7-11/h2-10H,1H3,(H,19,20)(H,16,17,18)/b12-10+. The van der Waals surface area contributed by atoms with E-state index in [4.69, 9.17) is 0 Å². The summed E-state index contributed by atoms with van der Waals surface area (Å²) in [4.78, 5) is 31.7. The van der Waals surface area contributed by atoms with Gasteiger partial charge in [0.15, 0.2) is 0 Å². The lowest BCUT2D eigenvalue weighted by atomic mass is 10.2. The van der Waals surface area contributed by atoms with E-state index in [1.807, 2.05) is 0 Å². The number of hydrogen-bond donors (Lipinski definition) is 2. The van der Waals surface area contributed by atoms with Gasteiger partial charge in [-0.05, 0) is 18.2 Å². The lowest BCUT2D eigenvalue weighted by molar-refractivity contribution is -0.136. The van der Waals surface area contributed by atoms with Crippen LogP contribution in [0, 0.1) is 0 Å². The van der Waals surface area contributed by atoms with Crippen LogP contribution in [0.15, 0.2) is 60.7 Å². The number of carbonyl (C=O) groups is 2. The Balaban J connectivity index is 2.13. The summed E-state index contributed by atoms with van der Waals surface area (Å²) in [7, 11) is 1.23. The minimum atomic E-state index is -0.687. The van der Waals surface area contributed by atoms with Crippen molar-refractivity contribution in [1.82, 2.24) is 15.3 Å². The van der Waals surface area contributed by atoms with Crippen LogP contribution in [0.25, 0.3) is 0 Å².